The zero-order valence-electron chi connectivity index (χ0n) is 22.4. The Bertz CT molecular complexity index is 1090. The number of aromatic nitrogens is 1. The third kappa shape index (κ3) is 4.52. The average Bonchev–Trinajstić information content (AvgIpc) is 3.06. The molecule has 5 heteroatoms. The number of fused-ring (bicyclic) bond motifs is 4. The van der Waals surface area contributed by atoms with E-state index in [1.165, 1.54) is 11.1 Å². The fraction of sp³-hybridized carbons (Fsp3) is 0.633. The van der Waals surface area contributed by atoms with E-state index in [0.29, 0.717) is 13.2 Å². The highest BCUT2D eigenvalue weighted by atomic mass is 16.5. The van der Waals surface area contributed by atoms with E-state index in [-0.39, 0.29) is 23.0 Å². The van der Waals surface area contributed by atoms with Crippen LogP contribution in [0.5, 0.6) is 5.75 Å². The smallest absolute Gasteiger partial charge is 0.120 e. The molecule has 0 radical (unpaired) electrons. The number of ether oxygens (including phenoxy) is 3. The summed E-state index contributed by atoms with van der Waals surface area (Å²) in [7, 11) is 0. The maximum absolute atomic E-state index is 11.5. The molecule has 2 aromatic rings. The van der Waals surface area contributed by atoms with Gasteiger partial charge in [0.05, 0.1) is 11.7 Å². The number of pyridine rings is 1. The summed E-state index contributed by atoms with van der Waals surface area (Å²) in [6.45, 7) is 16.4. The summed E-state index contributed by atoms with van der Waals surface area (Å²) in [6, 6.07) is 8.32. The minimum atomic E-state index is -0.527. The van der Waals surface area contributed by atoms with Gasteiger partial charge in [-0.25, -0.2) is 0 Å². The summed E-state index contributed by atoms with van der Waals surface area (Å²) in [4.78, 5) is 5.25. The Morgan fingerprint density at radius 3 is 2.31 bits per heavy atom. The summed E-state index contributed by atoms with van der Waals surface area (Å²) in [5, 5.41) is 11.5. The first-order valence-electron chi connectivity index (χ1n) is 13.2. The van der Waals surface area contributed by atoms with Crippen molar-refractivity contribution in [3.63, 3.8) is 0 Å². The van der Waals surface area contributed by atoms with E-state index in [1.807, 2.05) is 12.1 Å². The lowest BCUT2D eigenvalue weighted by Gasteiger charge is -2.40. The lowest BCUT2D eigenvalue weighted by Crippen LogP contribution is -2.37. The second kappa shape index (κ2) is 8.57. The van der Waals surface area contributed by atoms with Gasteiger partial charge in [0.1, 0.15) is 17.5 Å². The largest absolute Gasteiger partial charge is 0.488 e. The molecule has 0 saturated carbocycles. The average molecular weight is 480 g/mol. The van der Waals surface area contributed by atoms with Crippen molar-refractivity contribution >= 4 is 0 Å². The molecule has 3 aliphatic rings. The fourth-order valence-electron chi connectivity index (χ4n) is 6.24. The summed E-state index contributed by atoms with van der Waals surface area (Å²) >= 11 is 0. The van der Waals surface area contributed by atoms with Crippen LogP contribution in [0.25, 0.3) is 0 Å². The Labute approximate surface area is 210 Å². The van der Waals surface area contributed by atoms with Crippen molar-refractivity contribution in [1.82, 2.24) is 4.98 Å². The number of aliphatic hydroxyl groups excluding tert-OH is 1. The number of rotatable bonds is 3. The monoisotopic (exact) mass is 479 g/mol. The van der Waals surface area contributed by atoms with Crippen LogP contribution >= 0.6 is 0 Å². The molecule has 1 aromatic carbocycles. The quantitative estimate of drug-likeness (QED) is 0.543. The normalized spacial score (nSPS) is 24.9. The standard InChI is InChI=1S/C30H41NO4/c1-18(2)26-24-25(23-21(31-26)16-29(6,7)17-22(23)32)30(12-14-33-15-13-30)35-27(24)19-8-10-20(11-9-19)34-28(3,4)5/h8-11,18,22,27,32H,12-17H2,1-7H3. The van der Waals surface area contributed by atoms with Gasteiger partial charge in [-0.05, 0) is 68.2 Å². The van der Waals surface area contributed by atoms with Crippen LogP contribution in [-0.2, 0) is 21.5 Å². The Morgan fingerprint density at radius 2 is 1.71 bits per heavy atom. The molecular formula is C30H41NO4. The molecule has 0 amide bonds. The van der Waals surface area contributed by atoms with Gasteiger partial charge in [0.25, 0.3) is 0 Å². The van der Waals surface area contributed by atoms with Crippen LogP contribution in [0.15, 0.2) is 24.3 Å². The number of aliphatic hydroxyl groups is 1. The van der Waals surface area contributed by atoms with Crippen LogP contribution < -0.4 is 4.74 Å². The summed E-state index contributed by atoms with van der Waals surface area (Å²) < 4.78 is 18.9. The molecule has 1 aliphatic carbocycles. The van der Waals surface area contributed by atoms with Crippen molar-refractivity contribution in [1.29, 1.82) is 0 Å². The van der Waals surface area contributed by atoms with Gasteiger partial charge < -0.3 is 19.3 Å². The maximum Gasteiger partial charge on any atom is 0.120 e. The third-order valence-electron chi connectivity index (χ3n) is 7.62. The topological polar surface area (TPSA) is 60.8 Å². The zero-order valence-corrected chi connectivity index (χ0v) is 22.4. The number of hydrogen-bond acceptors (Lipinski definition) is 5. The molecule has 2 aliphatic heterocycles. The molecule has 5 rings (SSSR count). The van der Waals surface area contributed by atoms with Gasteiger partial charge in [0.15, 0.2) is 0 Å². The van der Waals surface area contributed by atoms with Crippen molar-refractivity contribution in [3.8, 4) is 5.75 Å². The van der Waals surface area contributed by atoms with Crippen LogP contribution in [0.4, 0.5) is 0 Å². The Balaban J connectivity index is 1.69. The molecule has 1 N–H and O–H groups in total. The zero-order chi connectivity index (χ0) is 25.2. The molecule has 1 spiro atoms. The van der Waals surface area contributed by atoms with Crippen LogP contribution in [0, 0.1) is 5.41 Å². The maximum atomic E-state index is 11.5. The van der Waals surface area contributed by atoms with Crippen molar-refractivity contribution in [2.45, 2.75) is 103 Å². The second-order valence-corrected chi connectivity index (χ2v) is 12.7. The van der Waals surface area contributed by atoms with E-state index in [9.17, 15) is 5.11 Å². The Morgan fingerprint density at radius 1 is 1.06 bits per heavy atom. The molecule has 1 aromatic heterocycles. The molecule has 190 valence electrons. The highest BCUT2D eigenvalue weighted by Crippen LogP contribution is 2.57. The van der Waals surface area contributed by atoms with E-state index in [2.05, 4.69) is 60.6 Å². The number of nitrogens with zero attached hydrogens (tertiary/aromatic N) is 1. The Kier molecular flexibility index (Phi) is 6.05. The van der Waals surface area contributed by atoms with Crippen molar-refractivity contribution in [2.75, 3.05) is 13.2 Å². The van der Waals surface area contributed by atoms with E-state index in [0.717, 1.165) is 53.9 Å². The molecule has 1 fully saturated rings. The minimum absolute atomic E-state index is 0.0203. The van der Waals surface area contributed by atoms with Gasteiger partial charge in [0, 0.05) is 48.6 Å². The van der Waals surface area contributed by atoms with Crippen LogP contribution in [0.1, 0.15) is 119 Å². The van der Waals surface area contributed by atoms with E-state index in [1.54, 1.807) is 0 Å². The molecule has 2 atom stereocenters. The predicted molar refractivity (Wildman–Crippen MR) is 137 cm³/mol. The van der Waals surface area contributed by atoms with Crippen molar-refractivity contribution in [2.24, 2.45) is 5.41 Å². The van der Waals surface area contributed by atoms with Gasteiger partial charge in [-0.3, -0.25) is 4.98 Å². The minimum Gasteiger partial charge on any atom is -0.488 e. The molecule has 0 bridgehead atoms. The fourth-order valence-corrected chi connectivity index (χ4v) is 6.24. The van der Waals surface area contributed by atoms with Gasteiger partial charge in [-0.1, -0.05) is 39.8 Å². The van der Waals surface area contributed by atoms with Crippen molar-refractivity contribution in [3.05, 3.63) is 57.9 Å². The highest BCUT2D eigenvalue weighted by Gasteiger charge is 2.52. The lowest BCUT2D eigenvalue weighted by molar-refractivity contribution is -0.122. The highest BCUT2D eigenvalue weighted by molar-refractivity contribution is 5.54. The number of benzene rings is 1. The molecule has 3 heterocycles. The number of hydrogen-bond donors (Lipinski definition) is 1. The predicted octanol–water partition coefficient (Wildman–Crippen LogP) is 6.51. The first-order valence-corrected chi connectivity index (χ1v) is 13.2. The lowest BCUT2D eigenvalue weighted by atomic mass is 9.70. The third-order valence-corrected chi connectivity index (χ3v) is 7.62. The SMILES string of the molecule is CC(C)c1nc2c(c3c1C(c1ccc(OC(C)(C)C)cc1)OC31CCOCC1)C(O)CC(C)(C)C2. The molecular weight excluding hydrogens is 438 g/mol. The molecule has 1 saturated heterocycles. The summed E-state index contributed by atoms with van der Waals surface area (Å²) in [5.41, 5.74) is 5.99. The van der Waals surface area contributed by atoms with Crippen LogP contribution in [0.3, 0.4) is 0 Å². The Hall–Kier alpha value is -1.95. The van der Waals surface area contributed by atoms with Gasteiger partial charge in [-0.2, -0.15) is 0 Å². The van der Waals surface area contributed by atoms with Crippen LogP contribution in [-0.4, -0.2) is 28.9 Å². The second-order valence-electron chi connectivity index (χ2n) is 12.7. The summed E-state index contributed by atoms with van der Waals surface area (Å²) in [6.07, 6.45) is 2.47. The van der Waals surface area contributed by atoms with Gasteiger partial charge >= 0.3 is 0 Å². The van der Waals surface area contributed by atoms with E-state index >= 15 is 0 Å². The summed E-state index contributed by atoms with van der Waals surface area (Å²) in [5.74, 6) is 1.10. The molecule has 5 nitrogen and oxygen atoms in total. The molecule has 35 heavy (non-hydrogen) atoms. The van der Waals surface area contributed by atoms with Gasteiger partial charge in [-0.15, -0.1) is 0 Å². The van der Waals surface area contributed by atoms with Crippen LogP contribution in [0.2, 0.25) is 0 Å². The van der Waals surface area contributed by atoms with Gasteiger partial charge in [0.2, 0.25) is 0 Å². The first kappa shape index (κ1) is 24.7. The van der Waals surface area contributed by atoms with Crippen molar-refractivity contribution < 1.29 is 19.3 Å². The molecule has 2 unspecified atom stereocenters. The first-order chi connectivity index (χ1) is 16.4. The van der Waals surface area contributed by atoms with E-state index < -0.39 is 11.7 Å². The van der Waals surface area contributed by atoms with E-state index in [4.69, 9.17) is 19.2 Å².